The van der Waals surface area contributed by atoms with Crippen molar-refractivity contribution in [2.24, 2.45) is 16.3 Å². The first kappa shape index (κ1) is 14.3. The van der Waals surface area contributed by atoms with Crippen molar-refractivity contribution < 1.29 is 5.21 Å². The first-order chi connectivity index (χ1) is 8.08. The molecule has 1 fully saturated rings. The van der Waals surface area contributed by atoms with Crippen molar-refractivity contribution in [2.45, 2.75) is 32.1 Å². The van der Waals surface area contributed by atoms with Gasteiger partial charge in [0.25, 0.3) is 0 Å². The summed E-state index contributed by atoms with van der Waals surface area (Å²) in [7, 11) is 4.20. The molecule has 0 aromatic heterocycles. The molecule has 0 bridgehead atoms. The zero-order chi connectivity index (χ0) is 12.7. The molecule has 1 aliphatic rings. The van der Waals surface area contributed by atoms with Gasteiger partial charge in [-0.3, -0.25) is 0 Å². The van der Waals surface area contributed by atoms with Gasteiger partial charge in [-0.05, 0) is 58.3 Å². The molecule has 0 unspecified atom stereocenters. The van der Waals surface area contributed by atoms with Crippen LogP contribution in [0.5, 0.6) is 0 Å². The first-order valence-electron chi connectivity index (χ1n) is 6.40. The summed E-state index contributed by atoms with van der Waals surface area (Å²) in [4.78, 5) is 2.21. The predicted octanol–water partition coefficient (Wildman–Crippen LogP) is 0.835. The Kier molecular flexibility index (Phi) is 5.71. The van der Waals surface area contributed by atoms with Crippen LogP contribution in [0, 0.1) is 5.41 Å². The maximum absolute atomic E-state index is 8.56. The van der Waals surface area contributed by atoms with E-state index < -0.39 is 0 Å². The molecule has 0 radical (unpaired) electrons. The van der Waals surface area contributed by atoms with Crippen molar-refractivity contribution in [1.29, 1.82) is 0 Å². The van der Waals surface area contributed by atoms with Crippen LogP contribution in [0.3, 0.4) is 0 Å². The minimum Gasteiger partial charge on any atom is -0.409 e. The number of nitrogens with zero attached hydrogens (tertiary/aromatic N) is 2. The molecular formula is C12H26N4O. The van der Waals surface area contributed by atoms with E-state index in [0.717, 1.165) is 19.6 Å². The summed E-state index contributed by atoms with van der Waals surface area (Å²) < 4.78 is 0. The average Bonchev–Trinajstić information content (AvgIpc) is 3.03. The van der Waals surface area contributed by atoms with Crippen molar-refractivity contribution in [1.82, 2.24) is 10.2 Å². The SMILES string of the molecule is CN(C)CCCCNCC1(CC(N)=NO)CC1. The van der Waals surface area contributed by atoms with Crippen LogP contribution in [-0.2, 0) is 0 Å². The highest BCUT2D eigenvalue weighted by Gasteiger charge is 2.42. The smallest absolute Gasteiger partial charge is 0.139 e. The van der Waals surface area contributed by atoms with Crippen molar-refractivity contribution in [3.63, 3.8) is 0 Å². The van der Waals surface area contributed by atoms with Gasteiger partial charge < -0.3 is 21.2 Å². The van der Waals surface area contributed by atoms with E-state index >= 15 is 0 Å². The number of hydrogen-bond donors (Lipinski definition) is 3. The van der Waals surface area contributed by atoms with E-state index in [1.54, 1.807) is 0 Å². The normalized spacial score (nSPS) is 18.6. The number of nitrogens with two attached hydrogens (primary N) is 1. The molecule has 5 heteroatoms. The Morgan fingerprint density at radius 3 is 2.65 bits per heavy atom. The van der Waals surface area contributed by atoms with Crippen LogP contribution in [0.25, 0.3) is 0 Å². The van der Waals surface area contributed by atoms with Gasteiger partial charge in [0.1, 0.15) is 5.84 Å². The molecule has 5 nitrogen and oxygen atoms in total. The van der Waals surface area contributed by atoms with Crippen LogP contribution in [0.15, 0.2) is 5.16 Å². The van der Waals surface area contributed by atoms with Crippen LogP contribution < -0.4 is 11.1 Å². The van der Waals surface area contributed by atoms with Gasteiger partial charge in [-0.2, -0.15) is 0 Å². The third-order valence-electron chi connectivity index (χ3n) is 3.35. The van der Waals surface area contributed by atoms with Gasteiger partial charge in [0, 0.05) is 13.0 Å². The Labute approximate surface area is 104 Å². The van der Waals surface area contributed by atoms with Gasteiger partial charge in [0.15, 0.2) is 0 Å². The lowest BCUT2D eigenvalue weighted by atomic mass is 10.0. The summed E-state index contributed by atoms with van der Waals surface area (Å²) in [5.41, 5.74) is 5.83. The Morgan fingerprint density at radius 2 is 2.12 bits per heavy atom. The van der Waals surface area contributed by atoms with Crippen molar-refractivity contribution in [3.8, 4) is 0 Å². The lowest BCUT2D eigenvalue weighted by Crippen LogP contribution is -2.29. The van der Waals surface area contributed by atoms with Gasteiger partial charge in [0.05, 0.1) is 0 Å². The van der Waals surface area contributed by atoms with Gasteiger partial charge in [-0.15, -0.1) is 0 Å². The summed E-state index contributed by atoms with van der Waals surface area (Å²) in [6, 6.07) is 0. The minimum absolute atomic E-state index is 0.276. The van der Waals surface area contributed by atoms with E-state index in [1.807, 2.05) is 0 Å². The molecule has 0 saturated heterocycles. The zero-order valence-electron chi connectivity index (χ0n) is 11.1. The summed E-state index contributed by atoms with van der Waals surface area (Å²) in [6.07, 6.45) is 5.53. The number of rotatable bonds is 9. The highest BCUT2D eigenvalue weighted by atomic mass is 16.4. The number of oxime groups is 1. The predicted molar refractivity (Wildman–Crippen MR) is 70.4 cm³/mol. The third-order valence-corrected chi connectivity index (χ3v) is 3.35. The molecule has 100 valence electrons. The Bertz CT molecular complexity index is 249. The molecule has 0 spiro atoms. The van der Waals surface area contributed by atoms with Crippen LogP contribution in [0.4, 0.5) is 0 Å². The van der Waals surface area contributed by atoms with E-state index in [4.69, 9.17) is 10.9 Å². The summed E-state index contributed by atoms with van der Waals surface area (Å²) in [5.74, 6) is 0.358. The highest BCUT2D eigenvalue weighted by molar-refractivity contribution is 5.80. The van der Waals surface area contributed by atoms with E-state index in [-0.39, 0.29) is 5.41 Å². The molecule has 1 saturated carbocycles. The molecule has 0 heterocycles. The second-order valence-electron chi connectivity index (χ2n) is 5.46. The average molecular weight is 242 g/mol. The molecule has 1 aliphatic carbocycles. The topological polar surface area (TPSA) is 73.9 Å². The number of hydrogen-bond acceptors (Lipinski definition) is 4. The summed E-state index contributed by atoms with van der Waals surface area (Å²) in [5, 5.41) is 15.1. The largest absolute Gasteiger partial charge is 0.409 e. The van der Waals surface area contributed by atoms with Crippen LogP contribution in [-0.4, -0.2) is 49.7 Å². The molecule has 0 amide bonds. The summed E-state index contributed by atoms with van der Waals surface area (Å²) in [6.45, 7) is 3.20. The maximum Gasteiger partial charge on any atom is 0.139 e. The molecule has 0 aromatic rings. The van der Waals surface area contributed by atoms with Crippen LogP contribution in [0.1, 0.15) is 32.1 Å². The first-order valence-corrected chi connectivity index (χ1v) is 6.40. The van der Waals surface area contributed by atoms with E-state index in [0.29, 0.717) is 12.3 Å². The molecule has 1 rings (SSSR count). The molecule has 17 heavy (non-hydrogen) atoms. The van der Waals surface area contributed by atoms with E-state index in [1.165, 1.54) is 25.7 Å². The van der Waals surface area contributed by atoms with E-state index in [2.05, 4.69) is 29.5 Å². The second kappa shape index (κ2) is 6.81. The maximum atomic E-state index is 8.56. The zero-order valence-corrected chi connectivity index (χ0v) is 11.1. The monoisotopic (exact) mass is 242 g/mol. The number of amidine groups is 1. The van der Waals surface area contributed by atoms with Gasteiger partial charge in [0.2, 0.25) is 0 Å². The Balaban J connectivity index is 2.03. The fraction of sp³-hybridized carbons (Fsp3) is 0.917. The summed E-state index contributed by atoms with van der Waals surface area (Å²) >= 11 is 0. The fourth-order valence-electron chi connectivity index (χ4n) is 2.04. The molecule has 4 N–H and O–H groups in total. The second-order valence-corrected chi connectivity index (χ2v) is 5.46. The molecule has 0 aromatic carbocycles. The van der Waals surface area contributed by atoms with Gasteiger partial charge >= 0.3 is 0 Å². The standard InChI is InChI=1S/C12H26N4O/c1-16(2)8-4-3-7-14-10-12(5-6-12)9-11(13)15-17/h14,17H,3-10H2,1-2H3,(H2,13,15). The van der Waals surface area contributed by atoms with Crippen LogP contribution in [0.2, 0.25) is 0 Å². The Morgan fingerprint density at radius 1 is 1.41 bits per heavy atom. The Hall–Kier alpha value is -0.810. The highest BCUT2D eigenvalue weighted by Crippen LogP contribution is 2.48. The lowest BCUT2D eigenvalue weighted by Gasteiger charge is -2.15. The van der Waals surface area contributed by atoms with Gasteiger partial charge in [-0.25, -0.2) is 0 Å². The van der Waals surface area contributed by atoms with E-state index in [9.17, 15) is 0 Å². The quantitative estimate of drug-likeness (QED) is 0.184. The van der Waals surface area contributed by atoms with Crippen molar-refractivity contribution in [3.05, 3.63) is 0 Å². The molecular weight excluding hydrogens is 216 g/mol. The fourth-order valence-corrected chi connectivity index (χ4v) is 2.04. The molecule has 0 aliphatic heterocycles. The molecule has 0 atom stereocenters. The van der Waals surface area contributed by atoms with Crippen molar-refractivity contribution >= 4 is 5.84 Å². The third kappa shape index (κ3) is 5.89. The number of unbranched alkanes of at least 4 members (excludes halogenated alkanes) is 1. The van der Waals surface area contributed by atoms with Crippen LogP contribution >= 0.6 is 0 Å². The minimum atomic E-state index is 0.276. The lowest BCUT2D eigenvalue weighted by molar-refractivity contribution is 0.314. The number of nitrogens with one attached hydrogen (secondary N) is 1. The van der Waals surface area contributed by atoms with Crippen molar-refractivity contribution in [2.75, 3.05) is 33.7 Å². The van der Waals surface area contributed by atoms with Gasteiger partial charge in [-0.1, -0.05) is 5.16 Å².